The van der Waals surface area contributed by atoms with Gasteiger partial charge in [-0.05, 0) is 13.3 Å². The highest BCUT2D eigenvalue weighted by molar-refractivity contribution is 6.18. The molecule has 78 valence electrons. The van der Waals surface area contributed by atoms with E-state index in [2.05, 4.69) is 9.97 Å². The van der Waals surface area contributed by atoms with Crippen LogP contribution in [0.25, 0.3) is 0 Å². The van der Waals surface area contributed by atoms with Crippen LogP contribution in [0.15, 0.2) is 0 Å². The molecule has 0 bridgehead atoms. The van der Waals surface area contributed by atoms with Crippen molar-refractivity contribution in [1.82, 2.24) is 9.97 Å². The van der Waals surface area contributed by atoms with Gasteiger partial charge in [0.15, 0.2) is 0 Å². The van der Waals surface area contributed by atoms with Gasteiger partial charge in [-0.15, -0.1) is 11.6 Å². The van der Waals surface area contributed by atoms with Crippen molar-refractivity contribution in [2.24, 2.45) is 0 Å². The zero-order valence-corrected chi connectivity index (χ0v) is 9.26. The van der Waals surface area contributed by atoms with Crippen molar-refractivity contribution in [2.75, 3.05) is 20.1 Å². The summed E-state index contributed by atoms with van der Waals surface area (Å²) in [7, 11) is 3.09. The van der Waals surface area contributed by atoms with Crippen LogP contribution in [0.4, 0.5) is 0 Å². The second-order valence-corrected chi connectivity index (χ2v) is 3.10. The summed E-state index contributed by atoms with van der Waals surface area (Å²) in [6, 6.07) is 0.317. The Hall–Kier alpha value is -1.03. The van der Waals surface area contributed by atoms with Gasteiger partial charge in [0.2, 0.25) is 5.88 Å². The molecule has 0 aliphatic rings. The van der Waals surface area contributed by atoms with Gasteiger partial charge in [0.05, 0.1) is 19.9 Å². The molecule has 4 nitrogen and oxygen atoms in total. The number of nitrogens with zero attached hydrogens (tertiary/aromatic N) is 2. The minimum absolute atomic E-state index is 0.317. The Bertz CT molecular complexity index is 318. The molecule has 0 saturated carbocycles. The van der Waals surface area contributed by atoms with Crippen LogP contribution in [0.2, 0.25) is 0 Å². The lowest BCUT2D eigenvalue weighted by molar-refractivity contribution is 0.347. The summed E-state index contributed by atoms with van der Waals surface area (Å²) in [6.07, 6.45) is 0.695. The number of ether oxygens (including phenoxy) is 2. The smallest absolute Gasteiger partial charge is 0.319 e. The van der Waals surface area contributed by atoms with E-state index in [0.717, 1.165) is 11.3 Å². The lowest BCUT2D eigenvalue weighted by Crippen LogP contribution is -2.04. The van der Waals surface area contributed by atoms with Crippen LogP contribution < -0.4 is 9.47 Å². The SMILES string of the molecule is COc1nc(C)c(CCCl)c(OC)n1. The molecule has 0 amide bonds. The maximum Gasteiger partial charge on any atom is 0.319 e. The zero-order chi connectivity index (χ0) is 10.6. The fourth-order valence-corrected chi connectivity index (χ4v) is 1.38. The summed E-state index contributed by atoms with van der Waals surface area (Å²) in [5, 5.41) is 0. The minimum Gasteiger partial charge on any atom is -0.481 e. The molecule has 0 aliphatic heterocycles. The molecule has 0 aromatic carbocycles. The second kappa shape index (κ2) is 5.00. The number of methoxy groups -OCH3 is 2. The molecular weight excluding hydrogens is 204 g/mol. The Labute approximate surface area is 88.2 Å². The highest BCUT2D eigenvalue weighted by Gasteiger charge is 2.11. The number of hydrogen-bond acceptors (Lipinski definition) is 4. The highest BCUT2D eigenvalue weighted by Crippen LogP contribution is 2.21. The van der Waals surface area contributed by atoms with Crippen molar-refractivity contribution in [2.45, 2.75) is 13.3 Å². The van der Waals surface area contributed by atoms with E-state index in [9.17, 15) is 0 Å². The van der Waals surface area contributed by atoms with Crippen LogP contribution in [-0.2, 0) is 6.42 Å². The van der Waals surface area contributed by atoms with Gasteiger partial charge in [-0.3, -0.25) is 0 Å². The van der Waals surface area contributed by atoms with E-state index in [4.69, 9.17) is 21.1 Å². The Balaban J connectivity index is 3.13. The Morgan fingerprint density at radius 1 is 1.21 bits per heavy atom. The topological polar surface area (TPSA) is 44.2 Å². The summed E-state index contributed by atoms with van der Waals surface area (Å²) in [4.78, 5) is 8.22. The predicted octanol–water partition coefficient (Wildman–Crippen LogP) is 1.58. The predicted molar refractivity (Wildman–Crippen MR) is 54.3 cm³/mol. The van der Waals surface area contributed by atoms with Crippen LogP contribution in [0.1, 0.15) is 11.3 Å². The van der Waals surface area contributed by atoms with Crippen molar-refractivity contribution in [1.29, 1.82) is 0 Å². The van der Waals surface area contributed by atoms with E-state index in [1.54, 1.807) is 7.11 Å². The zero-order valence-electron chi connectivity index (χ0n) is 8.50. The number of alkyl halides is 1. The molecule has 0 spiro atoms. The summed E-state index contributed by atoms with van der Waals surface area (Å²) in [6.45, 7) is 1.88. The molecule has 1 aromatic rings. The molecule has 5 heteroatoms. The van der Waals surface area contributed by atoms with E-state index in [-0.39, 0.29) is 0 Å². The third kappa shape index (κ3) is 2.26. The quantitative estimate of drug-likeness (QED) is 0.717. The fourth-order valence-electron chi connectivity index (χ4n) is 1.19. The molecule has 1 heterocycles. The normalized spacial score (nSPS) is 10.0. The number of hydrogen-bond donors (Lipinski definition) is 0. The fraction of sp³-hybridized carbons (Fsp3) is 0.556. The third-order valence-corrected chi connectivity index (χ3v) is 2.06. The van der Waals surface area contributed by atoms with Crippen LogP contribution in [0.5, 0.6) is 11.9 Å². The summed E-state index contributed by atoms with van der Waals surface area (Å²) >= 11 is 5.67. The van der Waals surface area contributed by atoms with Gasteiger partial charge in [-0.1, -0.05) is 0 Å². The first-order chi connectivity index (χ1) is 6.72. The molecule has 0 N–H and O–H groups in total. The van der Waals surface area contributed by atoms with Gasteiger partial charge in [0.25, 0.3) is 0 Å². The highest BCUT2D eigenvalue weighted by atomic mass is 35.5. The molecule has 1 aromatic heterocycles. The molecule has 14 heavy (non-hydrogen) atoms. The number of rotatable bonds is 4. The monoisotopic (exact) mass is 216 g/mol. The first-order valence-electron chi connectivity index (χ1n) is 4.24. The van der Waals surface area contributed by atoms with Crippen LogP contribution >= 0.6 is 11.6 Å². The molecule has 1 rings (SSSR count). The average Bonchev–Trinajstić information content (AvgIpc) is 2.20. The van der Waals surface area contributed by atoms with Crippen molar-refractivity contribution in [3.8, 4) is 11.9 Å². The van der Waals surface area contributed by atoms with Crippen molar-refractivity contribution in [3.63, 3.8) is 0 Å². The summed E-state index contributed by atoms with van der Waals surface area (Å²) in [5.74, 6) is 1.06. The number of halogens is 1. The van der Waals surface area contributed by atoms with Crippen LogP contribution in [0.3, 0.4) is 0 Å². The van der Waals surface area contributed by atoms with Crippen LogP contribution in [-0.4, -0.2) is 30.1 Å². The molecule has 0 atom stereocenters. The van der Waals surface area contributed by atoms with E-state index in [0.29, 0.717) is 24.2 Å². The lowest BCUT2D eigenvalue weighted by atomic mass is 10.2. The van der Waals surface area contributed by atoms with Gasteiger partial charge in [0, 0.05) is 11.4 Å². The van der Waals surface area contributed by atoms with Crippen LogP contribution in [0, 0.1) is 6.92 Å². The first-order valence-corrected chi connectivity index (χ1v) is 4.77. The van der Waals surface area contributed by atoms with Gasteiger partial charge in [0.1, 0.15) is 0 Å². The van der Waals surface area contributed by atoms with E-state index in [1.807, 2.05) is 6.92 Å². The van der Waals surface area contributed by atoms with E-state index >= 15 is 0 Å². The van der Waals surface area contributed by atoms with E-state index < -0.39 is 0 Å². The Kier molecular flexibility index (Phi) is 3.95. The van der Waals surface area contributed by atoms with Crippen molar-refractivity contribution < 1.29 is 9.47 Å². The molecule has 0 radical (unpaired) electrons. The van der Waals surface area contributed by atoms with Crippen molar-refractivity contribution >= 4 is 11.6 Å². The molecular formula is C9H13ClN2O2. The molecule has 0 saturated heterocycles. The first kappa shape index (κ1) is 11.0. The number of aryl methyl sites for hydroxylation is 1. The molecule has 0 unspecified atom stereocenters. The van der Waals surface area contributed by atoms with E-state index in [1.165, 1.54) is 7.11 Å². The number of aromatic nitrogens is 2. The summed E-state index contributed by atoms with van der Waals surface area (Å²) < 4.78 is 10.1. The average molecular weight is 217 g/mol. The van der Waals surface area contributed by atoms with Gasteiger partial charge >= 0.3 is 6.01 Å². The largest absolute Gasteiger partial charge is 0.481 e. The Morgan fingerprint density at radius 3 is 2.43 bits per heavy atom. The molecule has 0 fully saturated rings. The Morgan fingerprint density at radius 2 is 1.93 bits per heavy atom. The lowest BCUT2D eigenvalue weighted by Gasteiger charge is -2.09. The minimum atomic E-state index is 0.317. The summed E-state index contributed by atoms with van der Waals surface area (Å²) in [5.41, 5.74) is 1.78. The van der Waals surface area contributed by atoms with Gasteiger partial charge in [-0.2, -0.15) is 4.98 Å². The van der Waals surface area contributed by atoms with Gasteiger partial charge < -0.3 is 9.47 Å². The van der Waals surface area contributed by atoms with Crippen molar-refractivity contribution in [3.05, 3.63) is 11.3 Å². The van der Waals surface area contributed by atoms with Gasteiger partial charge in [-0.25, -0.2) is 4.98 Å². The second-order valence-electron chi connectivity index (χ2n) is 2.72. The maximum atomic E-state index is 5.67. The third-order valence-electron chi connectivity index (χ3n) is 1.88. The standard InChI is InChI=1S/C9H13ClN2O2/c1-6-7(4-5-10)8(13-2)12-9(11-6)14-3/h4-5H2,1-3H3. The molecule has 0 aliphatic carbocycles. The maximum absolute atomic E-state index is 5.67.